The van der Waals surface area contributed by atoms with Crippen molar-refractivity contribution < 1.29 is 13.2 Å². The first-order chi connectivity index (χ1) is 9.50. The monoisotopic (exact) mass is 310 g/mol. The second-order valence-corrected chi connectivity index (χ2v) is 6.84. The van der Waals surface area contributed by atoms with Crippen LogP contribution in [0, 0.1) is 0 Å². The molecule has 0 amide bonds. The Balaban J connectivity index is 2.19. The third-order valence-corrected chi connectivity index (χ3v) is 5.53. The van der Waals surface area contributed by atoms with Gasteiger partial charge < -0.3 is 0 Å². The lowest BCUT2D eigenvalue weighted by Crippen LogP contribution is -2.29. The molecule has 1 aromatic heterocycles. The molecule has 1 aromatic carbocycles. The predicted molar refractivity (Wildman–Crippen MR) is 75.1 cm³/mol. The fourth-order valence-corrected chi connectivity index (χ4v) is 4.17. The van der Waals surface area contributed by atoms with Gasteiger partial charge in [0.25, 0.3) is 0 Å². The van der Waals surface area contributed by atoms with Gasteiger partial charge in [0, 0.05) is 29.9 Å². The molecule has 0 atom stereocenters. The van der Waals surface area contributed by atoms with Crippen LogP contribution in [-0.4, -0.2) is 36.6 Å². The number of ketones is 1. The van der Waals surface area contributed by atoms with Crippen molar-refractivity contribution in [1.82, 2.24) is 9.29 Å². The highest BCUT2D eigenvalue weighted by Gasteiger charge is 2.32. The van der Waals surface area contributed by atoms with E-state index in [9.17, 15) is 13.2 Å². The van der Waals surface area contributed by atoms with Gasteiger partial charge in [-0.2, -0.15) is 4.31 Å². The Morgan fingerprint density at radius 3 is 2.70 bits per heavy atom. The molecule has 20 heavy (non-hydrogen) atoms. The standard InChI is InChI=1S/C13H11ClN2O3S/c14-13-11-2-1-3-12(10(11)4-6-15-13)20(18,19)16-7-5-9(17)8-16/h1-4,6H,5,7-8H2. The molecular weight excluding hydrogens is 300 g/mol. The molecule has 7 heteroatoms. The summed E-state index contributed by atoms with van der Waals surface area (Å²) in [5, 5.41) is 1.37. The van der Waals surface area contributed by atoms with Crippen molar-refractivity contribution in [3.8, 4) is 0 Å². The second-order valence-electron chi connectivity index (χ2n) is 4.58. The number of fused-ring (bicyclic) bond motifs is 1. The molecule has 3 rings (SSSR count). The van der Waals surface area contributed by atoms with Crippen molar-refractivity contribution in [1.29, 1.82) is 0 Å². The summed E-state index contributed by atoms with van der Waals surface area (Å²) in [6, 6.07) is 6.49. The Morgan fingerprint density at radius 2 is 2.00 bits per heavy atom. The molecule has 0 spiro atoms. The van der Waals surface area contributed by atoms with E-state index in [1.54, 1.807) is 18.2 Å². The summed E-state index contributed by atoms with van der Waals surface area (Å²) in [7, 11) is -3.69. The Bertz CT molecular complexity index is 804. The molecule has 1 aliphatic heterocycles. The third-order valence-electron chi connectivity index (χ3n) is 3.33. The third kappa shape index (κ3) is 2.09. The molecule has 1 aliphatic rings. The van der Waals surface area contributed by atoms with E-state index in [4.69, 9.17) is 11.6 Å². The molecule has 2 aromatic rings. The van der Waals surface area contributed by atoms with E-state index in [2.05, 4.69) is 4.98 Å². The number of halogens is 1. The van der Waals surface area contributed by atoms with E-state index >= 15 is 0 Å². The average molecular weight is 311 g/mol. The van der Waals surface area contributed by atoms with Crippen LogP contribution in [0.4, 0.5) is 0 Å². The van der Waals surface area contributed by atoms with Gasteiger partial charge in [-0.25, -0.2) is 13.4 Å². The summed E-state index contributed by atoms with van der Waals surface area (Å²) in [6.45, 7) is 0.175. The molecule has 5 nitrogen and oxygen atoms in total. The van der Waals surface area contributed by atoms with Crippen molar-refractivity contribution in [2.45, 2.75) is 11.3 Å². The maximum Gasteiger partial charge on any atom is 0.244 e. The zero-order chi connectivity index (χ0) is 14.3. The van der Waals surface area contributed by atoms with Crippen LogP contribution in [0.5, 0.6) is 0 Å². The van der Waals surface area contributed by atoms with Gasteiger partial charge in [0.1, 0.15) is 10.9 Å². The molecule has 2 heterocycles. The lowest BCUT2D eigenvalue weighted by Gasteiger charge is -2.16. The maximum absolute atomic E-state index is 12.6. The summed E-state index contributed by atoms with van der Waals surface area (Å²) in [4.78, 5) is 15.4. The Morgan fingerprint density at radius 1 is 1.20 bits per heavy atom. The number of nitrogens with zero attached hydrogens (tertiary/aromatic N) is 2. The summed E-state index contributed by atoms with van der Waals surface area (Å²) >= 11 is 5.99. The normalized spacial score (nSPS) is 16.9. The van der Waals surface area contributed by atoms with Gasteiger partial charge in [0.05, 0.1) is 11.4 Å². The molecule has 104 valence electrons. The molecule has 1 fully saturated rings. The van der Waals surface area contributed by atoms with Crippen molar-refractivity contribution in [2.24, 2.45) is 0 Å². The van der Waals surface area contributed by atoms with Crippen LogP contribution in [-0.2, 0) is 14.8 Å². The smallest absolute Gasteiger partial charge is 0.244 e. The van der Waals surface area contributed by atoms with Crippen LogP contribution in [0.1, 0.15) is 6.42 Å². The number of hydrogen-bond acceptors (Lipinski definition) is 4. The molecule has 0 N–H and O–H groups in total. The van der Waals surface area contributed by atoms with Crippen molar-refractivity contribution in [2.75, 3.05) is 13.1 Å². The summed E-state index contributed by atoms with van der Waals surface area (Å²) in [5.74, 6) is -0.0616. The van der Waals surface area contributed by atoms with Gasteiger partial charge in [-0.05, 0) is 12.1 Å². The molecule has 1 saturated heterocycles. The van der Waals surface area contributed by atoms with Crippen LogP contribution >= 0.6 is 11.6 Å². The predicted octanol–water partition coefficient (Wildman–Crippen LogP) is 1.85. The number of sulfonamides is 1. The minimum absolute atomic E-state index is 0.0580. The molecule has 0 bridgehead atoms. The van der Waals surface area contributed by atoms with Crippen molar-refractivity contribution >= 4 is 38.2 Å². The van der Waals surface area contributed by atoms with Crippen LogP contribution < -0.4 is 0 Å². The SMILES string of the molecule is O=C1CCN(S(=O)(=O)c2cccc3c(Cl)nccc23)C1. The topological polar surface area (TPSA) is 67.3 Å². The number of Topliss-reactive ketones (excluding diaryl/α,β-unsaturated/α-hetero) is 1. The Hall–Kier alpha value is -1.50. The molecule has 0 unspecified atom stereocenters. The van der Waals surface area contributed by atoms with Crippen LogP contribution in [0.2, 0.25) is 5.15 Å². The number of carbonyl (C=O) groups excluding carboxylic acids is 1. The zero-order valence-corrected chi connectivity index (χ0v) is 12.0. The number of hydrogen-bond donors (Lipinski definition) is 0. The average Bonchev–Trinajstić information content (AvgIpc) is 2.86. The number of benzene rings is 1. The van der Waals surface area contributed by atoms with E-state index < -0.39 is 10.0 Å². The highest BCUT2D eigenvalue weighted by atomic mass is 35.5. The van der Waals surface area contributed by atoms with Gasteiger partial charge in [-0.15, -0.1) is 0 Å². The number of carbonyl (C=O) groups is 1. The van der Waals surface area contributed by atoms with Gasteiger partial charge >= 0.3 is 0 Å². The highest BCUT2D eigenvalue weighted by molar-refractivity contribution is 7.89. The first kappa shape index (κ1) is 13.5. The largest absolute Gasteiger partial charge is 0.298 e. The first-order valence-corrected chi connectivity index (χ1v) is 7.87. The van der Waals surface area contributed by atoms with Crippen LogP contribution in [0.3, 0.4) is 0 Å². The van der Waals surface area contributed by atoms with E-state index in [0.717, 1.165) is 0 Å². The number of aromatic nitrogens is 1. The minimum Gasteiger partial charge on any atom is -0.298 e. The molecular formula is C13H11ClN2O3S. The fraction of sp³-hybridized carbons (Fsp3) is 0.231. The van der Waals surface area contributed by atoms with E-state index in [0.29, 0.717) is 10.8 Å². The van der Waals surface area contributed by atoms with Gasteiger partial charge in [-0.3, -0.25) is 4.79 Å². The van der Waals surface area contributed by atoms with Gasteiger partial charge in [0.15, 0.2) is 0 Å². The Labute approximate surface area is 121 Å². The van der Waals surface area contributed by atoms with Crippen LogP contribution in [0.15, 0.2) is 35.4 Å². The summed E-state index contributed by atoms with van der Waals surface area (Å²) in [5.41, 5.74) is 0. The molecule has 0 saturated carbocycles. The fourth-order valence-electron chi connectivity index (χ4n) is 2.32. The minimum atomic E-state index is -3.69. The van der Waals surface area contributed by atoms with E-state index in [1.165, 1.54) is 16.6 Å². The molecule has 0 aliphatic carbocycles. The second kappa shape index (κ2) is 4.80. The van der Waals surface area contributed by atoms with Gasteiger partial charge in [-0.1, -0.05) is 23.7 Å². The van der Waals surface area contributed by atoms with E-state index in [-0.39, 0.29) is 35.3 Å². The van der Waals surface area contributed by atoms with E-state index in [1.807, 2.05) is 0 Å². The first-order valence-electron chi connectivity index (χ1n) is 6.05. The highest BCUT2D eigenvalue weighted by Crippen LogP contribution is 2.29. The lowest BCUT2D eigenvalue weighted by atomic mass is 10.2. The zero-order valence-electron chi connectivity index (χ0n) is 10.4. The summed E-state index contributed by atoms with van der Waals surface area (Å²) < 4.78 is 26.4. The maximum atomic E-state index is 12.6. The number of pyridine rings is 1. The van der Waals surface area contributed by atoms with Crippen molar-refractivity contribution in [3.05, 3.63) is 35.6 Å². The Kier molecular flexibility index (Phi) is 3.24. The van der Waals surface area contributed by atoms with Crippen LogP contribution in [0.25, 0.3) is 10.8 Å². The quantitative estimate of drug-likeness (QED) is 0.794. The number of rotatable bonds is 2. The van der Waals surface area contributed by atoms with Gasteiger partial charge in [0.2, 0.25) is 10.0 Å². The summed E-state index contributed by atoms with van der Waals surface area (Å²) in [6.07, 6.45) is 1.74. The lowest BCUT2D eigenvalue weighted by molar-refractivity contribution is -0.116. The van der Waals surface area contributed by atoms with Crippen molar-refractivity contribution in [3.63, 3.8) is 0 Å². The molecule has 0 radical (unpaired) electrons.